The third-order valence-electron chi connectivity index (χ3n) is 9.65. The zero-order valence-corrected chi connectivity index (χ0v) is 28.1. The second-order valence-electron chi connectivity index (χ2n) is 12.4. The summed E-state index contributed by atoms with van der Waals surface area (Å²) in [6.45, 7) is 0. The van der Waals surface area contributed by atoms with E-state index in [2.05, 4.69) is 181 Å². The van der Waals surface area contributed by atoms with Crippen molar-refractivity contribution < 1.29 is 0 Å². The highest BCUT2D eigenvalue weighted by Gasteiger charge is 2.22. The van der Waals surface area contributed by atoms with Crippen molar-refractivity contribution in [1.29, 1.82) is 0 Å². The summed E-state index contributed by atoms with van der Waals surface area (Å²) in [5.74, 6) is 0. The molecule has 3 heteroatoms. The van der Waals surface area contributed by atoms with Crippen LogP contribution in [0.3, 0.4) is 0 Å². The molecule has 0 spiro atoms. The van der Waals surface area contributed by atoms with Crippen LogP contribution in [0, 0.1) is 0 Å². The lowest BCUT2D eigenvalue weighted by Crippen LogP contribution is -2.10. The number of hydrogen-bond acceptors (Lipinski definition) is 3. The molecule has 8 aromatic carbocycles. The number of fused-ring (bicyclic) bond motifs is 8. The van der Waals surface area contributed by atoms with Crippen LogP contribution in [0.4, 0.5) is 17.1 Å². The zero-order valence-electron chi connectivity index (χ0n) is 26.5. The van der Waals surface area contributed by atoms with E-state index >= 15 is 0 Å². The van der Waals surface area contributed by atoms with E-state index in [-0.39, 0.29) is 0 Å². The van der Waals surface area contributed by atoms with Crippen molar-refractivity contribution in [2.24, 2.45) is 0 Å². The number of para-hydroxylation sites is 2. The van der Waals surface area contributed by atoms with Gasteiger partial charge in [0.2, 0.25) is 0 Å². The van der Waals surface area contributed by atoms with Gasteiger partial charge >= 0.3 is 0 Å². The van der Waals surface area contributed by atoms with Crippen LogP contribution < -0.4 is 4.90 Å². The van der Waals surface area contributed by atoms with Gasteiger partial charge in [0, 0.05) is 68.1 Å². The molecule has 2 aromatic heterocycles. The van der Waals surface area contributed by atoms with Crippen molar-refractivity contribution in [3.8, 4) is 22.3 Å². The van der Waals surface area contributed by atoms with Gasteiger partial charge < -0.3 is 4.90 Å². The lowest BCUT2D eigenvalue weighted by atomic mass is 9.95. The van der Waals surface area contributed by atoms with E-state index in [0.717, 1.165) is 11.4 Å². The molecule has 0 unspecified atom stereocenters. The molecule has 0 saturated heterocycles. The minimum atomic E-state index is 1.14. The molecule has 0 aliphatic carbocycles. The maximum Gasteiger partial charge on any atom is 0.0547 e. The van der Waals surface area contributed by atoms with Crippen LogP contribution in [0.25, 0.3) is 73.4 Å². The zero-order chi connectivity index (χ0) is 32.3. The molecule has 230 valence electrons. The van der Waals surface area contributed by atoms with Crippen LogP contribution in [0.5, 0.6) is 0 Å². The van der Waals surface area contributed by atoms with Gasteiger partial charge in [0.1, 0.15) is 0 Å². The monoisotopic (exact) mass is 659 g/mol. The average Bonchev–Trinajstić information content (AvgIpc) is 3.75. The van der Waals surface area contributed by atoms with Crippen molar-refractivity contribution in [3.05, 3.63) is 176 Å². The van der Waals surface area contributed by atoms with E-state index < -0.39 is 0 Å². The lowest BCUT2D eigenvalue weighted by molar-refractivity contribution is 1.30. The van der Waals surface area contributed by atoms with E-state index in [9.17, 15) is 0 Å². The summed E-state index contributed by atoms with van der Waals surface area (Å²) < 4.78 is 5.32. The first-order valence-corrected chi connectivity index (χ1v) is 18.2. The van der Waals surface area contributed by atoms with Crippen molar-refractivity contribution >= 4 is 90.9 Å². The summed E-state index contributed by atoms with van der Waals surface area (Å²) in [5, 5.41) is 7.79. The molecule has 0 saturated carbocycles. The topological polar surface area (TPSA) is 3.24 Å². The fourth-order valence-electron chi connectivity index (χ4n) is 7.50. The molecule has 0 aliphatic rings. The molecule has 0 N–H and O–H groups in total. The summed E-state index contributed by atoms with van der Waals surface area (Å²) >= 11 is 3.83. The van der Waals surface area contributed by atoms with Gasteiger partial charge in [-0.25, -0.2) is 0 Å². The highest BCUT2D eigenvalue weighted by Crippen LogP contribution is 2.50. The Morgan fingerprint density at radius 3 is 1.55 bits per heavy atom. The molecule has 49 heavy (non-hydrogen) atoms. The van der Waals surface area contributed by atoms with Crippen molar-refractivity contribution in [2.45, 2.75) is 0 Å². The summed E-state index contributed by atoms with van der Waals surface area (Å²) in [6, 6.07) is 64.1. The van der Waals surface area contributed by atoms with Crippen LogP contribution in [-0.4, -0.2) is 0 Å². The number of rotatable bonds is 5. The number of nitrogens with zero attached hydrogens (tertiary/aromatic N) is 1. The van der Waals surface area contributed by atoms with Gasteiger partial charge in [0.25, 0.3) is 0 Å². The van der Waals surface area contributed by atoms with Crippen LogP contribution >= 0.6 is 22.7 Å². The predicted octanol–water partition coefficient (Wildman–Crippen LogP) is 14.4. The Morgan fingerprint density at radius 2 is 0.857 bits per heavy atom. The first kappa shape index (κ1) is 28.3. The highest BCUT2D eigenvalue weighted by atomic mass is 32.1. The first-order valence-electron chi connectivity index (χ1n) is 16.6. The third-order valence-corrected chi connectivity index (χ3v) is 12.1. The molecular formula is C46H29NS2. The maximum atomic E-state index is 2.44. The molecular weight excluding hydrogens is 631 g/mol. The standard InChI is InChI=1S/C46H29NS2/c1-4-15-30(16-5-1)33-23-12-26-38-39-27-13-25-37(45(39)49-44(33)38)35-24-14-28-42-43(35)40-29-41(34-21-10-11-22-36(34)46(40)48-42)47(31-17-6-2-7-18-31)32-19-8-3-9-20-32/h1-29H. The molecule has 10 rings (SSSR count). The Labute approximate surface area is 292 Å². The first-order chi connectivity index (χ1) is 24.3. The van der Waals surface area contributed by atoms with E-state index in [1.807, 2.05) is 22.7 Å². The summed E-state index contributed by atoms with van der Waals surface area (Å²) in [7, 11) is 0. The van der Waals surface area contributed by atoms with Crippen molar-refractivity contribution in [3.63, 3.8) is 0 Å². The number of anilines is 3. The molecule has 0 bridgehead atoms. The molecule has 0 aliphatic heterocycles. The number of thiophene rings is 2. The molecule has 0 radical (unpaired) electrons. The van der Waals surface area contributed by atoms with Gasteiger partial charge in [-0.1, -0.05) is 140 Å². The quantitative estimate of drug-likeness (QED) is 0.178. The Hall–Kier alpha value is -5.74. The fraction of sp³-hybridized carbons (Fsp3) is 0. The summed E-state index contributed by atoms with van der Waals surface area (Å²) in [5.41, 5.74) is 8.59. The van der Waals surface area contributed by atoms with Gasteiger partial charge in [-0.3, -0.25) is 0 Å². The van der Waals surface area contributed by atoms with Crippen LogP contribution in [0.2, 0.25) is 0 Å². The predicted molar refractivity (Wildman–Crippen MR) is 215 cm³/mol. The number of hydrogen-bond donors (Lipinski definition) is 0. The van der Waals surface area contributed by atoms with Crippen LogP contribution in [0.15, 0.2) is 176 Å². The largest absolute Gasteiger partial charge is 0.310 e. The second kappa shape index (κ2) is 11.5. The summed E-state index contributed by atoms with van der Waals surface area (Å²) in [6.07, 6.45) is 0. The average molecular weight is 660 g/mol. The molecule has 10 aromatic rings. The van der Waals surface area contributed by atoms with Gasteiger partial charge in [-0.05, 0) is 53.1 Å². The molecule has 1 nitrogen and oxygen atoms in total. The molecule has 0 amide bonds. The van der Waals surface area contributed by atoms with Crippen LogP contribution in [0.1, 0.15) is 0 Å². The molecule has 2 heterocycles. The normalized spacial score (nSPS) is 11.7. The van der Waals surface area contributed by atoms with E-state index in [1.54, 1.807) is 0 Å². The highest BCUT2D eigenvalue weighted by molar-refractivity contribution is 7.27. The minimum absolute atomic E-state index is 1.14. The fourth-order valence-corrected chi connectivity index (χ4v) is 10.1. The maximum absolute atomic E-state index is 2.44. The van der Waals surface area contributed by atoms with Gasteiger partial charge in [0.05, 0.1) is 5.69 Å². The Morgan fingerprint density at radius 1 is 0.347 bits per heavy atom. The lowest BCUT2D eigenvalue weighted by Gasteiger charge is -2.27. The Bertz CT molecular complexity index is 2770. The molecule has 0 atom stereocenters. The van der Waals surface area contributed by atoms with Crippen LogP contribution in [-0.2, 0) is 0 Å². The SMILES string of the molecule is c1ccc(-c2cccc3c2sc2c(-c4cccc5sc6c7ccccc7c(N(c7ccccc7)c7ccccc7)cc6c45)cccc23)cc1. The van der Waals surface area contributed by atoms with E-state index in [4.69, 9.17) is 0 Å². The van der Waals surface area contributed by atoms with Gasteiger partial charge in [-0.2, -0.15) is 0 Å². The van der Waals surface area contributed by atoms with E-state index in [1.165, 1.54) is 79.1 Å². The number of benzene rings is 8. The third kappa shape index (κ3) is 4.51. The Balaban J connectivity index is 1.28. The van der Waals surface area contributed by atoms with Gasteiger partial charge in [0.15, 0.2) is 0 Å². The smallest absolute Gasteiger partial charge is 0.0547 e. The van der Waals surface area contributed by atoms with Gasteiger partial charge in [-0.15, -0.1) is 22.7 Å². The Kier molecular flexibility index (Phi) is 6.61. The summed E-state index contributed by atoms with van der Waals surface area (Å²) in [4.78, 5) is 2.41. The molecule has 0 fully saturated rings. The van der Waals surface area contributed by atoms with Crippen molar-refractivity contribution in [1.82, 2.24) is 0 Å². The van der Waals surface area contributed by atoms with E-state index in [0.29, 0.717) is 0 Å². The minimum Gasteiger partial charge on any atom is -0.310 e. The van der Waals surface area contributed by atoms with Crippen molar-refractivity contribution in [2.75, 3.05) is 4.90 Å². The second-order valence-corrected chi connectivity index (χ2v) is 14.5.